The number of nitrogens with one attached hydrogen (secondary N) is 4. The Morgan fingerprint density at radius 1 is 0.773 bits per heavy atom. The number of hydrogen-bond acceptors (Lipinski definition) is 7. The fourth-order valence-electron chi connectivity index (χ4n) is 5.10. The van der Waals surface area contributed by atoms with E-state index in [1.165, 1.54) is 0 Å². The highest BCUT2D eigenvalue weighted by atomic mass is 16.6. The Morgan fingerprint density at radius 2 is 1.23 bits per heavy atom. The van der Waals surface area contributed by atoms with Crippen LogP contribution >= 0.6 is 0 Å². The highest BCUT2D eigenvalue weighted by Gasteiger charge is 2.41. The van der Waals surface area contributed by atoms with E-state index in [9.17, 15) is 24.3 Å². The van der Waals surface area contributed by atoms with E-state index in [0.717, 1.165) is 11.1 Å². The van der Waals surface area contributed by atoms with E-state index in [2.05, 4.69) is 21.3 Å². The number of carbonyl (C=O) groups excluding carboxylic acids is 4. The molecule has 4 amide bonds. The van der Waals surface area contributed by atoms with Gasteiger partial charge in [-0.15, -0.1) is 0 Å². The van der Waals surface area contributed by atoms with E-state index in [1.54, 1.807) is 0 Å². The summed E-state index contributed by atoms with van der Waals surface area (Å²) in [6.45, 7) is 7.87. The zero-order chi connectivity index (χ0) is 32.1. The number of amides is 4. The van der Waals surface area contributed by atoms with Crippen molar-refractivity contribution in [2.75, 3.05) is 0 Å². The molecule has 0 aliphatic heterocycles. The van der Waals surface area contributed by atoms with Crippen LogP contribution < -0.4 is 21.3 Å². The number of rotatable bonds is 14. The van der Waals surface area contributed by atoms with Crippen molar-refractivity contribution in [3.05, 3.63) is 71.8 Å². The summed E-state index contributed by atoms with van der Waals surface area (Å²) in [7, 11) is 0. The third kappa shape index (κ3) is 11.9. The lowest BCUT2D eigenvalue weighted by atomic mass is 10.0. The molecule has 2 aromatic carbocycles. The zero-order valence-corrected chi connectivity index (χ0v) is 26.0. The second-order valence-corrected chi connectivity index (χ2v) is 12.2. The molecule has 0 aromatic heterocycles. The van der Waals surface area contributed by atoms with Gasteiger partial charge < -0.3 is 35.8 Å². The van der Waals surface area contributed by atoms with Crippen LogP contribution in [0.3, 0.4) is 0 Å². The highest BCUT2D eigenvalue weighted by Crippen LogP contribution is 2.28. The number of benzene rings is 2. The van der Waals surface area contributed by atoms with E-state index in [-0.39, 0.29) is 37.9 Å². The summed E-state index contributed by atoms with van der Waals surface area (Å²) in [6.07, 6.45) is -0.00668. The molecule has 11 heteroatoms. The summed E-state index contributed by atoms with van der Waals surface area (Å²) in [5.74, 6) is -0.734. The van der Waals surface area contributed by atoms with Crippen molar-refractivity contribution in [3.63, 3.8) is 0 Å². The lowest BCUT2D eigenvalue weighted by Crippen LogP contribution is -2.56. The number of ether oxygens (including phenoxy) is 2. The van der Waals surface area contributed by atoms with Crippen molar-refractivity contribution in [1.29, 1.82) is 0 Å². The molecule has 1 aliphatic carbocycles. The van der Waals surface area contributed by atoms with Crippen molar-refractivity contribution in [2.24, 2.45) is 11.8 Å². The van der Waals surface area contributed by atoms with Gasteiger partial charge in [0.1, 0.15) is 31.0 Å². The maximum absolute atomic E-state index is 13.2. The summed E-state index contributed by atoms with van der Waals surface area (Å²) >= 11 is 0. The maximum atomic E-state index is 13.2. The van der Waals surface area contributed by atoms with Crippen LogP contribution in [0.5, 0.6) is 0 Å². The van der Waals surface area contributed by atoms with Crippen LogP contribution in [0.15, 0.2) is 60.7 Å². The minimum absolute atomic E-state index is 0.0609. The Labute approximate surface area is 259 Å². The first kappa shape index (κ1) is 34.4. The van der Waals surface area contributed by atoms with Crippen LogP contribution in [-0.2, 0) is 32.3 Å². The number of alkyl carbamates (subject to hydrolysis) is 2. The van der Waals surface area contributed by atoms with E-state index >= 15 is 0 Å². The first-order chi connectivity index (χ1) is 20.9. The van der Waals surface area contributed by atoms with E-state index in [4.69, 9.17) is 9.47 Å². The van der Waals surface area contributed by atoms with Gasteiger partial charge in [-0.05, 0) is 48.6 Å². The Bertz CT molecular complexity index is 1230. The number of aliphatic hydroxyl groups is 1. The molecule has 4 atom stereocenters. The molecule has 1 aliphatic rings. The average molecular weight is 611 g/mol. The predicted molar refractivity (Wildman–Crippen MR) is 165 cm³/mol. The SMILES string of the molecule is CC(C)C[C@H](NC(=O)OCc1ccccc1)C(=O)N[C@H]1CC[C@](O)(NC(=O)[C@H](CC(C)C)NC(=O)OCc2ccccc2)C1. The molecule has 1 fully saturated rings. The number of carbonyl (C=O) groups is 4. The second kappa shape index (κ2) is 16.7. The molecule has 0 heterocycles. The second-order valence-electron chi connectivity index (χ2n) is 12.2. The summed E-state index contributed by atoms with van der Waals surface area (Å²) < 4.78 is 10.6. The molecule has 0 bridgehead atoms. The molecule has 2 aromatic rings. The summed E-state index contributed by atoms with van der Waals surface area (Å²) in [6, 6.07) is 16.3. The van der Waals surface area contributed by atoms with Crippen LogP contribution in [0.25, 0.3) is 0 Å². The molecule has 3 rings (SSSR count). The fraction of sp³-hybridized carbons (Fsp3) is 0.515. The molecule has 1 saturated carbocycles. The van der Waals surface area contributed by atoms with Gasteiger partial charge in [-0.1, -0.05) is 88.4 Å². The number of hydrogen-bond donors (Lipinski definition) is 5. The molecule has 0 spiro atoms. The topological polar surface area (TPSA) is 155 Å². The monoisotopic (exact) mass is 610 g/mol. The third-order valence-corrected chi connectivity index (χ3v) is 7.25. The first-order valence-electron chi connectivity index (χ1n) is 15.2. The van der Waals surface area contributed by atoms with Crippen LogP contribution in [-0.4, -0.2) is 53.0 Å². The van der Waals surface area contributed by atoms with Crippen LogP contribution in [0, 0.1) is 11.8 Å². The quantitative estimate of drug-likeness (QED) is 0.201. The summed E-state index contributed by atoms with van der Waals surface area (Å²) in [4.78, 5) is 51.3. The van der Waals surface area contributed by atoms with Gasteiger partial charge in [0.05, 0.1) is 0 Å². The van der Waals surface area contributed by atoms with Gasteiger partial charge in [0.15, 0.2) is 0 Å². The summed E-state index contributed by atoms with van der Waals surface area (Å²) in [5, 5.41) is 22.1. The van der Waals surface area contributed by atoms with Crippen molar-refractivity contribution in [2.45, 2.75) is 96.9 Å². The lowest BCUT2D eigenvalue weighted by molar-refractivity contribution is -0.131. The van der Waals surface area contributed by atoms with Gasteiger partial charge in [0.2, 0.25) is 11.8 Å². The zero-order valence-electron chi connectivity index (χ0n) is 26.0. The Kier molecular flexibility index (Phi) is 13.0. The molecular formula is C33H46N4O7. The van der Waals surface area contributed by atoms with E-state index in [0.29, 0.717) is 19.3 Å². The van der Waals surface area contributed by atoms with Crippen LogP contribution in [0.2, 0.25) is 0 Å². The Hall–Kier alpha value is -4.12. The minimum Gasteiger partial charge on any atom is -0.445 e. The first-order valence-corrected chi connectivity index (χ1v) is 15.2. The normalized spacial score (nSPS) is 19.1. The minimum atomic E-state index is -1.57. The van der Waals surface area contributed by atoms with Gasteiger partial charge in [0.25, 0.3) is 0 Å². The average Bonchev–Trinajstić information content (AvgIpc) is 3.34. The van der Waals surface area contributed by atoms with Gasteiger partial charge >= 0.3 is 12.2 Å². The Balaban J connectivity index is 1.52. The fourth-order valence-corrected chi connectivity index (χ4v) is 5.10. The highest BCUT2D eigenvalue weighted by molar-refractivity contribution is 5.87. The summed E-state index contributed by atoms with van der Waals surface area (Å²) in [5.41, 5.74) is 0.0700. The van der Waals surface area contributed by atoms with E-state index < -0.39 is 47.9 Å². The van der Waals surface area contributed by atoms with Gasteiger partial charge in [0, 0.05) is 12.5 Å². The van der Waals surface area contributed by atoms with Crippen molar-refractivity contribution < 1.29 is 33.8 Å². The van der Waals surface area contributed by atoms with Gasteiger partial charge in [-0.25, -0.2) is 9.59 Å². The third-order valence-electron chi connectivity index (χ3n) is 7.25. The molecule has 240 valence electrons. The van der Waals surface area contributed by atoms with Crippen LogP contribution in [0.4, 0.5) is 9.59 Å². The van der Waals surface area contributed by atoms with Crippen molar-refractivity contribution in [1.82, 2.24) is 21.3 Å². The molecular weight excluding hydrogens is 564 g/mol. The standard InChI is InChI=1S/C33H46N4O7/c1-22(2)17-27(35-31(40)43-20-24-11-7-5-8-12-24)29(38)34-26-15-16-33(42,19-26)37-30(39)28(18-23(3)4)36-32(41)44-21-25-13-9-6-10-14-25/h5-14,22-23,26-28,42H,15-21H2,1-4H3,(H,34,38)(H,35,40)(H,36,41)(H,37,39)/t26-,27-,28-,33+/m0/s1. The van der Waals surface area contributed by atoms with Crippen LogP contribution in [0.1, 0.15) is 70.9 Å². The van der Waals surface area contributed by atoms with Gasteiger partial charge in [-0.2, -0.15) is 0 Å². The maximum Gasteiger partial charge on any atom is 0.408 e. The molecule has 0 saturated heterocycles. The lowest BCUT2D eigenvalue weighted by Gasteiger charge is -2.28. The largest absolute Gasteiger partial charge is 0.445 e. The molecule has 11 nitrogen and oxygen atoms in total. The molecule has 0 radical (unpaired) electrons. The molecule has 5 N–H and O–H groups in total. The smallest absolute Gasteiger partial charge is 0.408 e. The predicted octanol–water partition coefficient (Wildman–Crippen LogP) is 4.14. The molecule has 0 unspecified atom stereocenters. The van der Waals surface area contributed by atoms with Crippen molar-refractivity contribution in [3.8, 4) is 0 Å². The van der Waals surface area contributed by atoms with E-state index in [1.807, 2.05) is 88.4 Å². The molecule has 44 heavy (non-hydrogen) atoms. The Morgan fingerprint density at radius 3 is 1.68 bits per heavy atom. The van der Waals surface area contributed by atoms with Gasteiger partial charge in [-0.3, -0.25) is 9.59 Å². The van der Waals surface area contributed by atoms with Crippen molar-refractivity contribution >= 4 is 24.0 Å².